The van der Waals surface area contributed by atoms with Gasteiger partial charge in [0.15, 0.2) is 0 Å². The fourth-order valence-electron chi connectivity index (χ4n) is 5.84. The average molecular weight is 733 g/mol. The maximum Gasteiger partial charge on any atom is 0.416 e. The third kappa shape index (κ3) is 8.95. The van der Waals surface area contributed by atoms with Gasteiger partial charge in [0.05, 0.1) is 21.2 Å². The van der Waals surface area contributed by atoms with Crippen LogP contribution < -0.4 is 9.62 Å². The molecule has 1 saturated carbocycles. The van der Waals surface area contributed by atoms with E-state index < -0.39 is 51.9 Å². The van der Waals surface area contributed by atoms with Gasteiger partial charge in [0.25, 0.3) is 10.0 Å². The van der Waals surface area contributed by atoms with Crippen LogP contribution in [0.4, 0.5) is 18.9 Å². The zero-order valence-electron chi connectivity index (χ0n) is 26.2. The minimum absolute atomic E-state index is 0.0747. The summed E-state index contributed by atoms with van der Waals surface area (Å²) in [6.07, 6.45) is -1.31. The first-order valence-electron chi connectivity index (χ1n) is 15.7. The monoisotopic (exact) mass is 731 g/mol. The molecule has 0 heterocycles. The summed E-state index contributed by atoms with van der Waals surface area (Å²) in [6, 6.07) is 23.8. The lowest BCUT2D eigenvalue weighted by Crippen LogP contribution is -2.54. The Morgan fingerprint density at radius 1 is 0.837 bits per heavy atom. The van der Waals surface area contributed by atoms with E-state index in [1.165, 1.54) is 29.2 Å². The fraction of sp³-hybridized carbons (Fsp3) is 0.278. The first kappa shape index (κ1) is 36.2. The summed E-state index contributed by atoms with van der Waals surface area (Å²) >= 11 is 12.9. The van der Waals surface area contributed by atoms with Crippen LogP contribution in [0.1, 0.15) is 42.4 Å². The van der Waals surface area contributed by atoms with Crippen molar-refractivity contribution in [3.05, 3.63) is 130 Å². The predicted octanol–water partition coefficient (Wildman–Crippen LogP) is 7.91. The van der Waals surface area contributed by atoms with Crippen molar-refractivity contribution in [2.45, 2.75) is 61.8 Å². The van der Waals surface area contributed by atoms with E-state index in [-0.39, 0.29) is 28.9 Å². The van der Waals surface area contributed by atoms with Gasteiger partial charge in [-0.05, 0) is 60.4 Å². The summed E-state index contributed by atoms with van der Waals surface area (Å²) < 4.78 is 70.5. The van der Waals surface area contributed by atoms with Gasteiger partial charge in [0, 0.05) is 24.0 Å². The lowest BCUT2D eigenvalue weighted by molar-refractivity contribution is -0.140. The second kappa shape index (κ2) is 15.7. The highest BCUT2D eigenvalue weighted by Crippen LogP contribution is 2.37. The number of rotatable bonds is 12. The summed E-state index contributed by atoms with van der Waals surface area (Å²) in [6.45, 7) is -1.16. The lowest BCUT2D eigenvalue weighted by Gasteiger charge is -2.34. The van der Waals surface area contributed by atoms with Crippen molar-refractivity contribution in [3.63, 3.8) is 0 Å². The van der Waals surface area contributed by atoms with Crippen molar-refractivity contribution in [3.8, 4) is 0 Å². The largest absolute Gasteiger partial charge is 0.416 e. The van der Waals surface area contributed by atoms with Gasteiger partial charge < -0.3 is 10.2 Å². The molecule has 5 rings (SSSR count). The highest BCUT2D eigenvalue weighted by atomic mass is 35.5. The smallest absolute Gasteiger partial charge is 0.352 e. The van der Waals surface area contributed by atoms with Gasteiger partial charge in [-0.2, -0.15) is 13.2 Å². The number of sulfonamides is 1. The van der Waals surface area contributed by atoms with Crippen LogP contribution in [0.15, 0.2) is 108 Å². The van der Waals surface area contributed by atoms with Gasteiger partial charge in [-0.3, -0.25) is 13.9 Å². The van der Waals surface area contributed by atoms with Crippen molar-refractivity contribution >= 4 is 50.7 Å². The number of benzene rings is 4. The van der Waals surface area contributed by atoms with Crippen molar-refractivity contribution in [2.24, 2.45) is 0 Å². The summed E-state index contributed by atoms with van der Waals surface area (Å²) in [7, 11) is -4.66. The average Bonchev–Trinajstić information content (AvgIpc) is 3.59. The van der Waals surface area contributed by atoms with E-state index in [9.17, 15) is 31.2 Å². The number of alkyl halides is 3. The highest BCUT2D eigenvalue weighted by Gasteiger charge is 2.38. The van der Waals surface area contributed by atoms with E-state index in [1.54, 1.807) is 42.5 Å². The molecule has 1 fully saturated rings. The third-order valence-corrected chi connectivity index (χ3v) is 10.9. The SMILES string of the molecule is O=C(NC1CCCC1)[C@H](Cc1ccccc1)N(Cc1ccccc1Cl)C(=O)CN(c1cc(C(F)(F)F)ccc1Cl)S(=O)(=O)c1ccccc1. The molecular weight excluding hydrogens is 698 g/mol. The van der Waals surface area contributed by atoms with Crippen molar-refractivity contribution in [1.82, 2.24) is 10.2 Å². The maximum absolute atomic E-state index is 14.6. The molecule has 7 nitrogen and oxygen atoms in total. The number of carbonyl (C=O) groups is 2. The van der Waals surface area contributed by atoms with Crippen LogP contribution in [-0.2, 0) is 38.8 Å². The van der Waals surface area contributed by atoms with E-state index in [0.717, 1.165) is 43.4 Å². The molecule has 0 saturated heterocycles. The Hall–Kier alpha value is -4.06. The Kier molecular flexibility index (Phi) is 11.6. The number of anilines is 1. The molecule has 49 heavy (non-hydrogen) atoms. The van der Waals surface area contributed by atoms with Crippen LogP contribution in [-0.4, -0.2) is 43.8 Å². The van der Waals surface area contributed by atoms with Crippen LogP contribution in [0.3, 0.4) is 0 Å². The van der Waals surface area contributed by atoms with E-state index in [1.807, 2.05) is 18.2 Å². The summed E-state index contributed by atoms with van der Waals surface area (Å²) in [5, 5.41) is 3.05. The van der Waals surface area contributed by atoms with Crippen LogP contribution >= 0.6 is 23.2 Å². The molecule has 1 atom stereocenters. The van der Waals surface area contributed by atoms with E-state index in [0.29, 0.717) is 21.0 Å². The molecule has 0 unspecified atom stereocenters. The normalized spacial score (nSPS) is 14.3. The molecule has 4 aromatic carbocycles. The van der Waals surface area contributed by atoms with E-state index in [4.69, 9.17) is 23.2 Å². The number of nitrogens with zero attached hydrogens (tertiary/aromatic N) is 2. The quantitative estimate of drug-likeness (QED) is 0.161. The summed E-state index contributed by atoms with van der Waals surface area (Å²) in [5.41, 5.74) is -0.473. The first-order chi connectivity index (χ1) is 23.3. The third-order valence-electron chi connectivity index (χ3n) is 8.42. The molecule has 0 spiro atoms. The number of nitrogens with one attached hydrogen (secondary N) is 1. The van der Waals surface area contributed by atoms with Crippen LogP contribution in [0.5, 0.6) is 0 Å². The molecule has 0 radical (unpaired) electrons. The second-order valence-corrected chi connectivity index (χ2v) is 14.5. The van der Waals surface area contributed by atoms with Gasteiger partial charge in [-0.15, -0.1) is 0 Å². The lowest BCUT2D eigenvalue weighted by atomic mass is 10.0. The van der Waals surface area contributed by atoms with E-state index >= 15 is 0 Å². The molecule has 0 aromatic heterocycles. The molecule has 0 aliphatic heterocycles. The van der Waals surface area contributed by atoms with E-state index in [2.05, 4.69) is 5.32 Å². The molecule has 13 heteroatoms. The maximum atomic E-state index is 14.6. The van der Waals surface area contributed by atoms with Gasteiger partial charge >= 0.3 is 6.18 Å². The Labute approximate surface area is 293 Å². The molecular formula is C36H34Cl2F3N3O4S. The van der Waals surface area contributed by atoms with Crippen molar-refractivity contribution in [1.29, 1.82) is 0 Å². The van der Waals surface area contributed by atoms with Crippen molar-refractivity contribution < 1.29 is 31.2 Å². The molecule has 1 N–H and O–H groups in total. The molecule has 2 amide bonds. The summed E-state index contributed by atoms with van der Waals surface area (Å²) in [5.74, 6) is -1.29. The zero-order chi connectivity index (χ0) is 35.2. The molecule has 258 valence electrons. The van der Waals surface area contributed by atoms with Gasteiger partial charge in [0.1, 0.15) is 12.6 Å². The molecule has 4 aromatic rings. The minimum atomic E-state index is -4.83. The standard InChI is InChI=1S/C36H34Cl2F3N3O4S/c37-30-18-10-7-13-26(30)23-43(33(21-25-11-3-1-4-12-25)35(46)42-28-14-8-9-15-28)34(45)24-44(49(47,48)29-16-5-2-6-17-29)32-22-27(36(39,40)41)19-20-31(32)38/h1-7,10-13,16-20,22,28,33H,8-9,14-15,21,23-24H2,(H,42,46)/t33-/m0/s1. The Bertz CT molecular complexity index is 1870. The number of carbonyl (C=O) groups excluding carboxylic acids is 2. The van der Waals surface area contributed by atoms with Crippen LogP contribution in [0.2, 0.25) is 10.0 Å². The van der Waals surface area contributed by atoms with Gasteiger partial charge in [-0.1, -0.05) is 103 Å². The van der Waals surface area contributed by atoms with Gasteiger partial charge in [0.2, 0.25) is 11.8 Å². The molecule has 0 bridgehead atoms. The Morgan fingerprint density at radius 2 is 1.45 bits per heavy atom. The summed E-state index contributed by atoms with van der Waals surface area (Å²) in [4.78, 5) is 29.7. The zero-order valence-corrected chi connectivity index (χ0v) is 28.6. The fourth-order valence-corrected chi connectivity index (χ4v) is 7.76. The van der Waals surface area contributed by atoms with Crippen LogP contribution in [0.25, 0.3) is 0 Å². The molecule has 1 aliphatic carbocycles. The number of hydrogen-bond donors (Lipinski definition) is 1. The number of hydrogen-bond acceptors (Lipinski definition) is 4. The molecule has 1 aliphatic rings. The number of amides is 2. The van der Waals surface area contributed by atoms with Gasteiger partial charge in [-0.25, -0.2) is 8.42 Å². The Morgan fingerprint density at radius 3 is 2.08 bits per heavy atom. The first-order valence-corrected chi connectivity index (χ1v) is 17.9. The highest BCUT2D eigenvalue weighted by molar-refractivity contribution is 7.92. The second-order valence-electron chi connectivity index (χ2n) is 11.8. The van der Waals surface area contributed by atoms with Crippen molar-refractivity contribution in [2.75, 3.05) is 10.8 Å². The Balaban J connectivity index is 1.62. The minimum Gasteiger partial charge on any atom is -0.352 e. The number of halogens is 5. The predicted molar refractivity (Wildman–Crippen MR) is 184 cm³/mol. The topological polar surface area (TPSA) is 86.8 Å². The van der Waals surface area contributed by atoms with Crippen LogP contribution in [0, 0.1) is 0 Å².